The molecule has 1 N–H and O–H groups in total. The molecule has 0 aliphatic heterocycles. The Labute approximate surface area is 146 Å². The molecule has 2 aromatic carbocycles. The number of hydrogen-bond acceptors (Lipinski definition) is 2. The van der Waals surface area contributed by atoms with E-state index in [2.05, 4.69) is 11.1 Å². The van der Waals surface area contributed by atoms with E-state index < -0.39 is 15.8 Å². The summed E-state index contributed by atoms with van der Waals surface area (Å²) in [5.41, 5.74) is 3.50. The van der Waals surface area contributed by atoms with Crippen molar-refractivity contribution < 1.29 is 12.8 Å². The molecule has 1 aromatic heterocycles. The molecule has 4 nitrogen and oxygen atoms in total. The predicted octanol–water partition coefficient (Wildman–Crippen LogP) is 3.49. The van der Waals surface area contributed by atoms with E-state index in [1.165, 1.54) is 39.8 Å². The van der Waals surface area contributed by atoms with Crippen LogP contribution in [-0.2, 0) is 22.9 Å². The summed E-state index contributed by atoms with van der Waals surface area (Å²) in [4.78, 5) is 3.57. The van der Waals surface area contributed by atoms with Gasteiger partial charge in [0, 0.05) is 29.7 Å². The number of nitrogens with one attached hydrogen (secondary N) is 1. The Morgan fingerprint density at radius 1 is 1.12 bits per heavy atom. The molecule has 0 radical (unpaired) electrons. The third kappa shape index (κ3) is 2.75. The van der Waals surface area contributed by atoms with Crippen LogP contribution in [0.5, 0.6) is 0 Å². The van der Waals surface area contributed by atoms with E-state index in [9.17, 15) is 12.8 Å². The SMILES string of the molecule is CN(C1CCc2[nH]c3ccccc3c2C1)S(=O)(=O)c1ccc(F)cc1. The normalized spacial score (nSPS) is 17.8. The highest BCUT2D eigenvalue weighted by Gasteiger charge is 2.32. The highest BCUT2D eigenvalue weighted by molar-refractivity contribution is 7.89. The fourth-order valence-electron chi connectivity index (χ4n) is 3.63. The van der Waals surface area contributed by atoms with Gasteiger partial charge in [-0.1, -0.05) is 18.2 Å². The molecule has 0 fully saturated rings. The molecular weight excluding hydrogens is 339 g/mol. The number of benzene rings is 2. The van der Waals surface area contributed by atoms with E-state index in [0.717, 1.165) is 23.7 Å². The number of fused-ring (bicyclic) bond motifs is 3. The maximum atomic E-state index is 13.1. The van der Waals surface area contributed by atoms with Gasteiger partial charge < -0.3 is 4.98 Å². The van der Waals surface area contributed by atoms with Crippen LogP contribution in [0.3, 0.4) is 0 Å². The summed E-state index contributed by atoms with van der Waals surface area (Å²) in [7, 11) is -2.02. The molecule has 130 valence electrons. The van der Waals surface area contributed by atoms with Crippen molar-refractivity contribution in [3.8, 4) is 0 Å². The van der Waals surface area contributed by atoms with E-state index in [-0.39, 0.29) is 10.9 Å². The van der Waals surface area contributed by atoms with Gasteiger partial charge in [-0.3, -0.25) is 0 Å². The lowest BCUT2D eigenvalue weighted by molar-refractivity contribution is 0.336. The third-order valence-electron chi connectivity index (χ3n) is 5.07. The molecule has 1 atom stereocenters. The van der Waals surface area contributed by atoms with Crippen molar-refractivity contribution in [3.05, 3.63) is 65.6 Å². The lowest BCUT2D eigenvalue weighted by Gasteiger charge is -2.30. The van der Waals surface area contributed by atoms with Gasteiger partial charge in [-0.2, -0.15) is 4.31 Å². The van der Waals surface area contributed by atoms with Crippen LogP contribution in [0.4, 0.5) is 4.39 Å². The molecule has 0 amide bonds. The Morgan fingerprint density at radius 3 is 2.60 bits per heavy atom. The summed E-state index contributed by atoms with van der Waals surface area (Å²) in [6, 6.07) is 13.0. The molecule has 6 heteroatoms. The lowest BCUT2D eigenvalue weighted by atomic mass is 9.91. The van der Waals surface area contributed by atoms with Crippen LogP contribution < -0.4 is 0 Å². The summed E-state index contributed by atoms with van der Waals surface area (Å²) in [5.74, 6) is -0.442. The molecule has 25 heavy (non-hydrogen) atoms. The monoisotopic (exact) mass is 358 g/mol. The molecule has 1 heterocycles. The van der Waals surface area contributed by atoms with Crippen LogP contribution in [0.2, 0.25) is 0 Å². The molecule has 1 unspecified atom stereocenters. The zero-order valence-corrected chi connectivity index (χ0v) is 14.7. The highest BCUT2D eigenvalue weighted by Crippen LogP contribution is 2.32. The topological polar surface area (TPSA) is 53.2 Å². The second-order valence-electron chi connectivity index (χ2n) is 6.50. The number of halogens is 1. The average molecular weight is 358 g/mol. The minimum absolute atomic E-state index is 0.109. The van der Waals surface area contributed by atoms with Crippen molar-refractivity contribution in [1.82, 2.24) is 9.29 Å². The molecule has 4 rings (SSSR count). The summed E-state index contributed by atoms with van der Waals surface area (Å²) >= 11 is 0. The van der Waals surface area contributed by atoms with Gasteiger partial charge in [0.15, 0.2) is 0 Å². The molecule has 3 aromatic rings. The van der Waals surface area contributed by atoms with Crippen molar-refractivity contribution in [2.24, 2.45) is 0 Å². The fourth-order valence-corrected chi connectivity index (χ4v) is 5.02. The Balaban J connectivity index is 1.65. The standard InChI is InChI=1S/C19H19FN2O2S/c1-22(25(23,24)15-9-6-13(20)7-10-15)14-8-11-19-17(12-14)16-4-2-3-5-18(16)21-19/h2-7,9-10,14,21H,8,11-12H2,1H3. The number of aromatic amines is 1. The van der Waals surface area contributed by atoms with E-state index in [1.54, 1.807) is 7.05 Å². The number of para-hydroxylation sites is 1. The zero-order chi connectivity index (χ0) is 17.6. The predicted molar refractivity (Wildman–Crippen MR) is 95.5 cm³/mol. The lowest BCUT2D eigenvalue weighted by Crippen LogP contribution is -2.40. The number of aryl methyl sites for hydroxylation is 1. The Kier molecular flexibility index (Phi) is 3.89. The zero-order valence-electron chi connectivity index (χ0n) is 13.9. The molecule has 0 bridgehead atoms. The summed E-state index contributed by atoms with van der Waals surface area (Å²) in [6.45, 7) is 0. The van der Waals surface area contributed by atoms with Gasteiger partial charge in [-0.25, -0.2) is 12.8 Å². The van der Waals surface area contributed by atoms with E-state index in [0.29, 0.717) is 6.42 Å². The molecule has 0 saturated carbocycles. The number of likely N-dealkylation sites (N-methyl/N-ethyl adjacent to an activating group) is 1. The first-order chi connectivity index (χ1) is 12.0. The quantitative estimate of drug-likeness (QED) is 0.779. The number of aromatic nitrogens is 1. The first-order valence-corrected chi connectivity index (χ1v) is 9.73. The van der Waals surface area contributed by atoms with E-state index in [4.69, 9.17) is 0 Å². The van der Waals surface area contributed by atoms with Crippen molar-refractivity contribution in [3.63, 3.8) is 0 Å². The van der Waals surface area contributed by atoms with E-state index in [1.807, 2.05) is 18.2 Å². The van der Waals surface area contributed by atoms with Gasteiger partial charge in [0.25, 0.3) is 0 Å². The largest absolute Gasteiger partial charge is 0.358 e. The Bertz CT molecular complexity index is 1030. The Hall–Kier alpha value is -2.18. The van der Waals surface area contributed by atoms with Crippen molar-refractivity contribution in [2.45, 2.75) is 30.2 Å². The first-order valence-electron chi connectivity index (χ1n) is 8.29. The minimum atomic E-state index is -3.64. The molecule has 0 spiro atoms. The smallest absolute Gasteiger partial charge is 0.243 e. The summed E-state index contributed by atoms with van der Waals surface area (Å²) < 4.78 is 40.2. The number of sulfonamides is 1. The third-order valence-corrected chi connectivity index (χ3v) is 7.00. The summed E-state index contributed by atoms with van der Waals surface area (Å²) in [6.07, 6.45) is 2.25. The van der Waals surface area contributed by atoms with Gasteiger partial charge in [-0.15, -0.1) is 0 Å². The number of H-pyrrole nitrogens is 1. The second kappa shape index (κ2) is 5.97. The van der Waals surface area contributed by atoms with Crippen LogP contribution in [0.1, 0.15) is 17.7 Å². The second-order valence-corrected chi connectivity index (χ2v) is 8.50. The number of rotatable bonds is 3. The highest BCUT2D eigenvalue weighted by atomic mass is 32.2. The number of hydrogen-bond donors (Lipinski definition) is 1. The maximum Gasteiger partial charge on any atom is 0.243 e. The molecule has 1 aliphatic carbocycles. The van der Waals surface area contributed by atoms with Crippen molar-refractivity contribution >= 4 is 20.9 Å². The molecule has 1 aliphatic rings. The fraction of sp³-hybridized carbons (Fsp3) is 0.263. The van der Waals surface area contributed by atoms with Crippen LogP contribution in [0.25, 0.3) is 10.9 Å². The van der Waals surface area contributed by atoms with Crippen molar-refractivity contribution in [2.75, 3.05) is 7.05 Å². The van der Waals surface area contributed by atoms with E-state index >= 15 is 0 Å². The van der Waals surface area contributed by atoms with Gasteiger partial charge in [-0.05, 0) is 55.2 Å². The molecule has 0 saturated heterocycles. The van der Waals surface area contributed by atoms with Gasteiger partial charge in [0.2, 0.25) is 10.0 Å². The van der Waals surface area contributed by atoms with Crippen LogP contribution in [-0.4, -0.2) is 30.8 Å². The Morgan fingerprint density at radius 2 is 1.84 bits per heavy atom. The van der Waals surface area contributed by atoms with Gasteiger partial charge in [0.1, 0.15) is 5.82 Å². The minimum Gasteiger partial charge on any atom is -0.358 e. The average Bonchev–Trinajstić information content (AvgIpc) is 2.99. The first kappa shape index (κ1) is 16.3. The van der Waals surface area contributed by atoms with Crippen molar-refractivity contribution in [1.29, 1.82) is 0 Å². The van der Waals surface area contributed by atoms with Gasteiger partial charge in [0.05, 0.1) is 4.90 Å². The maximum absolute atomic E-state index is 13.1. The van der Waals surface area contributed by atoms with Crippen LogP contribution in [0.15, 0.2) is 53.4 Å². The number of nitrogens with zero attached hydrogens (tertiary/aromatic N) is 1. The van der Waals surface area contributed by atoms with Gasteiger partial charge >= 0.3 is 0 Å². The van der Waals surface area contributed by atoms with Crippen LogP contribution in [0, 0.1) is 5.82 Å². The van der Waals surface area contributed by atoms with Crippen LogP contribution >= 0.6 is 0 Å². The summed E-state index contributed by atoms with van der Waals surface area (Å²) in [5, 5.41) is 1.16. The molecular formula is C19H19FN2O2S.